The van der Waals surface area contributed by atoms with Crippen molar-refractivity contribution in [2.45, 2.75) is 6.42 Å². The molecule has 3 rings (SSSR count). The van der Waals surface area contributed by atoms with Crippen molar-refractivity contribution < 1.29 is 4.79 Å². The number of nitrogens with zero attached hydrogens (tertiary/aromatic N) is 2. The summed E-state index contributed by atoms with van der Waals surface area (Å²) in [6, 6.07) is 7.70. The number of benzene rings is 1. The summed E-state index contributed by atoms with van der Waals surface area (Å²) >= 11 is 0. The van der Waals surface area contributed by atoms with Crippen LogP contribution in [0.25, 0.3) is 11.0 Å². The topological polar surface area (TPSA) is 61.0 Å². The van der Waals surface area contributed by atoms with Crippen LogP contribution in [-0.2, 0) is 0 Å². The van der Waals surface area contributed by atoms with Crippen LogP contribution in [0.1, 0.15) is 17.0 Å². The van der Waals surface area contributed by atoms with E-state index in [1.165, 1.54) is 0 Å². The van der Waals surface area contributed by atoms with Gasteiger partial charge in [-0.3, -0.25) is 4.79 Å². The molecule has 0 atom stereocenters. The van der Waals surface area contributed by atoms with Crippen LogP contribution in [0.3, 0.4) is 0 Å². The van der Waals surface area contributed by atoms with Gasteiger partial charge < -0.3 is 15.2 Å². The number of fused-ring (bicyclic) bond motifs is 1. The minimum Gasteiger partial charge on any atom is -0.335 e. The number of hydrogen-bond acceptors (Lipinski definition) is 3. The predicted octanol–water partition coefficient (Wildman–Crippen LogP) is 0.998. The van der Waals surface area contributed by atoms with Gasteiger partial charge in [0, 0.05) is 19.6 Å². The van der Waals surface area contributed by atoms with Crippen molar-refractivity contribution in [1.82, 2.24) is 20.2 Å². The third-order valence-corrected chi connectivity index (χ3v) is 3.22. The zero-order valence-electron chi connectivity index (χ0n) is 10.1. The van der Waals surface area contributed by atoms with Gasteiger partial charge in [0.2, 0.25) is 0 Å². The van der Waals surface area contributed by atoms with Crippen molar-refractivity contribution in [2.24, 2.45) is 0 Å². The molecule has 2 N–H and O–H groups in total. The molecule has 1 aromatic carbocycles. The third-order valence-electron chi connectivity index (χ3n) is 3.22. The molecule has 5 heteroatoms. The van der Waals surface area contributed by atoms with Gasteiger partial charge in [-0.1, -0.05) is 12.1 Å². The number of carbonyl (C=O) groups excluding carboxylic acids is 1. The van der Waals surface area contributed by atoms with E-state index in [-0.39, 0.29) is 5.91 Å². The quantitative estimate of drug-likeness (QED) is 0.786. The first-order valence-corrected chi connectivity index (χ1v) is 6.29. The van der Waals surface area contributed by atoms with Gasteiger partial charge in [0.05, 0.1) is 11.0 Å². The van der Waals surface area contributed by atoms with Crippen LogP contribution in [0.15, 0.2) is 24.3 Å². The van der Waals surface area contributed by atoms with Crippen molar-refractivity contribution in [3.05, 3.63) is 30.1 Å². The number of para-hydroxylation sites is 2. The largest absolute Gasteiger partial charge is 0.335 e. The molecule has 0 bridgehead atoms. The molecule has 18 heavy (non-hydrogen) atoms. The second-order valence-corrected chi connectivity index (χ2v) is 4.50. The first-order valence-electron chi connectivity index (χ1n) is 6.29. The Morgan fingerprint density at radius 3 is 3.00 bits per heavy atom. The Hall–Kier alpha value is -1.88. The fourth-order valence-electron chi connectivity index (χ4n) is 2.25. The molecule has 0 aliphatic carbocycles. The van der Waals surface area contributed by atoms with Crippen molar-refractivity contribution in [3.63, 3.8) is 0 Å². The van der Waals surface area contributed by atoms with E-state index in [9.17, 15) is 4.79 Å². The highest BCUT2D eigenvalue weighted by atomic mass is 16.2. The molecule has 1 saturated heterocycles. The lowest BCUT2D eigenvalue weighted by Crippen LogP contribution is -2.34. The second kappa shape index (κ2) is 4.78. The maximum absolute atomic E-state index is 12.3. The predicted molar refractivity (Wildman–Crippen MR) is 69.5 cm³/mol. The van der Waals surface area contributed by atoms with Crippen molar-refractivity contribution in [1.29, 1.82) is 0 Å². The first kappa shape index (κ1) is 11.2. The van der Waals surface area contributed by atoms with E-state index in [1.54, 1.807) is 0 Å². The summed E-state index contributed by atoms with van der Waals surface area (Å²) in [5, 5.41) is 3.29. The monoisotopic (exact) mass is 244 g/mol. The summed E-state index contributed by atoms with van der Waals surface area (Å²) in [4.78, 5) is 21.6. The van der Waals surface area contributed by atoms with Crippen LogP contribution >= 0.6 is 0 Å². The molecule has 94 valence electrons. The zero-order valence-corrected chi connectivity index (χ0v) is 10.1. The van der Waals surface area contributed by atoms with Crippen molar-refractivity contribution in [2.75, 3.05) is 26.2 Å². The normalized spacial score (nSPS) is 16.8. The average molecular weight is 244 g/mol. The number of aromatic amines is 1. The first-order chi connectivity index (χ1) is 8.84. The molecule has 1 amide bonds. The van der Waals surface area contributed by atoms with Crippen LogP contribution in [-0.4, -0.2) is 47.0 Å². The summed E-state index contributed by atoms with van der Waals surface area (Å²) in [6.45, 7) is 3.37. The number of aromatic nitrogens is 2. The van der Waals surface area contributed by atoms with Gasteiger partial charge >= 0.3 is 0 Å². The Morgan fingerprint density at radius 2 is 2.11 bits per heavy atom. The van der Waals surface area contributed by atoms with Crippen LogP contribution in [0, 0.1) is 0 Å². The molecule has 0 unspecified atom stereocenters. The van der Waals surface area contributed by atoms with Crippen LogP contribution in [0.4, 0.5) is 0 Å². The Kier molecular flexibility index (Phi) is 2.98. The molecule has 1 aliphatic heterocycles. The van der Waals surface area contributed by atoms with Gasteiger partial charge in [0.15, 0.2) is 5.82 Å². The van der Waals surface area contributed by atoms with Gasteiger partial charge in [-0.25, -0.2) is 4.98 Å². The van der Waals surface area contributed by atoms with E-state index < -0.39 is 0 Å². The molecule has 2 aromatic rings. The molecule has 1 fully saturated rings. The number of rotatable bonds is 1. The number of hydrogen-bond donors (Lipinski definition) is 2. The van der Waals surface area contributed by atoms with E-state index in [0.717, 1.165) is 43.6 Å². The molecule has 0 radical (unpaired) electrons. The minimum atomic E-state index is -0.00472. The van der Waals surface area contributed by atoms with Gasteiger partial charge in [-0.05, 0) is 25.1 Å². The fraction of sp³-hybridized carbons (Fsp3) is 0.385. The number of carbonyl (C=O) groups is 1. The van der Waals surface area contributed by atoms with E-state index in [4.69, 9.17) is 0 Å². The summed E-state index contributed by atoms with van der Waals surface area (Å²) in [6.07, 6.45) is 0.992. The average Bonchev–Trinajstić information content (AvgIpc) is 2.64. The van der Waals surface area contributed by atoms with E-state index in [2.05, 4.69) is 15.3 Å². The van der Waals surface area contributed by atoms with Crippen molar-refractivity contribution in [3.8, 4) is 0 Å². The van der Waals surface area contributed by atoms with E-state index in [1.807, 2.05) is 29.2 Å². The van der Waals surface area contributed by atoms with Gasteiger partial charge in [-0.15, -0.1) is 0 Å². The molecule has 0 spiro atoms. The van der Waals surface area contributed by atoms with Gasteiger partial charge in [-0.2, -0.15) is 0 Å². The number of H-pyrrole nitrogens is 1. The van der Waals surface area contributed by atoms with Crippen LogP contribution in [0.2, 0.25) is 0 Å². The standard InChI is InChI=1S/C13H16N4O/c18-13(17-8-3-6-14-7-9-17)12-15-10-4-1-2-5-11(10)16-12/h1-2,4-5,14H,3,6-9H2,(H,15,16). The van der Waals surface area contributed by atoms with Gasteiger partial charge in [0.25, 0.3) is 5.91 Å². The SMILES string of the molecule is O=C(c1nc2ccccc2[nH]1)N1CCCNCC1. The van der Waals surface area contributed by atoms with E-state index >= 15 is 0 Å². The smallest absolute Gasteiger partial charge is 0.289 e. The number of amides is 1. The summed E-state index contributed by atoms with van der Waals surface area (Å²) in [7, 11) is 0. The van der Waals surface area contributed by atoms with E-state index in [0.29, 0.717) is 5.82 Å². The maximum atomic E-state index is 12.3. The lowest BCUT2D eigenvalue weighted by molar-refractivity contribution is 0.0755. The molecule has 0 saturated carbocycles. The summed E-state index contributed by atoms with van der Waals surface area (Å²) in [5.74, 6) is 0.438. The highest BCUT2D eigenvalue weighted by Gasteiger charge is 2.19. The lowest BCUT2D eigenvalue weighted by atomic mass is 10.3. The molecule has 1 aliphatic rings. The molecular formula is C13H16N4O. The lowest BCUT2D eigenvalue weighted by Gasteiger charge is -2.18. The minimum absolute atomic E-state index is 0.00472. The van der Waals surface area contributed by atoms with Crippen LogP contribution in [0.5, 0.6) is 0 Å². The molecular weight excluding hydrogens is 228 g/mol. The van der Waals surface area contributed by atoms with Crippen molar-refractivity contribution >= 4 is 16.9 Å². The molecule has 5 nitrogen and oxygen atoms in total. The summed E-state index contributed by atoms with van der Waals surface area (Å²) in [5.41, 5.74) is 1.75. The van der Waals surface area contributed by atoms with Gasteiger partial charge in [0.1, 0.15) is 0 Å². The number of nitrogens with one attached hydrogen (secondary N) is 2. The Bertz CT molecular complexity index is 522. The van der Waals surface area contributed by atoms with Crippen LogP contribution < -0.4 is 5.32 Å². The second-order valence-electron chi connectivity index (χ2n) is 4.50. The molecule has 2 heterocycles. The summed E-state index contributed by atoms with van der Waals surface area (Å²) < 4.78 is 0. The Balaban J connectivity index is 1.86. The Morgan fingerprint density at radius 1 is 1.22 bits per heavy atom. The molecule has 1 aromatic heterocycles. The highest BCUT2D eigenvalue weighted by molar-refractivity contribution is 5.94. The third kappa shape index (κ3) is 2.09. The highest BCUT2D eigenvalue weighted by Crippen LogP contribution is 2.12. The Labute approximate surface area is 105 Å². The zero-order chi connectivity index (χ0) is 12.4. The maximum Gasteiger partial charge on any atom is 0.289 e. The number of imidazole rings is 1. The fourth-order valence-corrected chi connectivity index (χ4v) is 2.25.